The number of aromatic hydroxyl groups is 1. The molecule has 0 fully saturated rings. The Kier molecular flexibility index (Phi) is 4.78. The topological polar surface area (TPSA) is 85.6 Å². The molecule has 1 heterocycles. The third-order valence-electron chi connectivity index (χ3n) is 2.87. The van der Waals surface area contributed by atoms with E-state index in [0.29, 0.717) is 24.6 Å². The van der Waals surface area contributed by atoms with E-state index in [9.17, 15) is 9.90 Å². The molecule has 7 heteroatoms. The zero-order valence-corrected chi connectivity index (χ0v) is 11.9. The van der Waals surface area contributed by atoms with Gasteiger partial charge in [0.05, 0.1) is 37.7 Å². The highest BCUT2D eigenvalue weighted by Crippen LogP contribution is 2.24. The lowest BCUT2D eigenvalue weighted by atomic mass is 10.2. The van der Waals surface area contributed by atoms with Crippen LogP contribution in [0.5, 0.6) is 11.5 Å². The highest BCUT2D eigenvalue weighted by Gasteiger charge is 2.13. The lowest BCUT2D eigenvalue weighted by Crippen LogP contribution is -2.11. The SMILES string of the molecule is COCCn1cc(NC(=O)c2ccc(OC)cc2O)cn1. The second-order valence-electron chi connectivity index (χ2n) is 4.32. The normalized spacial score (nSPS) is 10.4. The summed E-state index contributed by atoms with van der Waals surface area (Å²) in [7, 11) is 3.10. The number of phenolic OH excluding ortho intramolecular Hbond substituents is 1. The average Bonchev–Trinajstić information content (AvgIpc) is 2.92. The molecule has 21 heavy (non-hydrogen) atoms. The van der Waals surface area contributed by atoms with Gasteiger partial charge in [-0.2, -0.15) is 5.10 Å². The van der Waals surface area contributed by atoms with Gasteiger partial charge >= 0.3 is 0 Å². The maximum atomic E-state index is 12.1. The fourth-order valence-corrected chi connectivity index (χ4v) is 1.76. The zero-order valence-electron chi connectivity index (χ0n) is 11.9. The summed E-state index contributed by atoms with van der Waals surface area (Å²) in [5.74, 6) is -0.0727. The summed E-state index contributed by atoms with van der Waals surface area (Å²) < 4.78 is 11.6. The van der Waals surface area contributed by atoms with E-state index < -0.39 is 5.91 Å². The van der Waals surface area contributed by atoms with E-state index >= 15 is 0 Å². The molecule has 0 atom stereocenters. The fraction of sp³-hybridized carbons (Fsp3) is 0.286. The van der Waals surface area contributed by atoms with Crippen LogP contribution in [-0.4, -0.2) is 41.6 Å². The molecular weight excluding hydrogens is 274 g/mol. The van der Waals surface area contributed by atoms with Crippen molar-refractivity contribution in [1.29, 1.82) is 0 Å². The molecule has 1 aromatic heterocycles. The summed E-state index contributed by atoms with van der Waals surface area (Å²) in [6.45, 7) is 1.13. The fourth-order valence-electron chi connectivity index (χ4n) is 1.76. The maximum absolute atomic E-state index is 12.1. The van der Waals surface area contributed by atoms with Crippen molar-refractivity contribution in [2.75, 3.05) is 26.1 Å². The van der Waals surface area contributed by atoms with Crippen molar-refractivity contribution in [3.63, 3.8) is 0 Å². The first-order valence-corrected chi connectivity index (χ1v) is 6.34. The number of benzene rings is 1. The number of rotatable bonds is 6. The number of ether oxygens (including phenoxy) is 2. The average molecular weight is 291 g/mol. The van der Waals surface area contributed by atoms with E-state index in [1.807, 2.05) is 0 Å². The number of carbonyl (C=O) groups excluding carboxylic acids is 1. The summed E-state index contributed by atoms with van der Waals surface area (Å²) in [6.07, 6.45) is 3.23. The Bertz CT molecular complexity index is 624. The Morgan fingerprint density at radius 3 is 2.90 bits per heavy atom. The maximum Gasteiger partial charge on any atom is 0.259 e. The monoisotopic (exact) mass is 291 g/mol. The molecule has 2 aromatic rings. The van der Waals surface area contributed by atoms with Crippen LogP contribution in [0.3, 0.4) is 0 Å². The number of carbonyl (C=O) groups is 1. The first kappa shape index (κ1) is 14.9. The second kappa shape index (κ2) is 6.76. The smallest absolute Gasteiger partial charge is 0.259 e. The van der Waals surface area contributed by atoms with Crippen molar-refractivity contribution >= 4 is 11.6 Å². The van der Waals surface area contributed by atoms with E-state index in [-0.39, 0.29) is 11.3 Å². The molecule has 112 valence electrons. The molecule has 0 saturated carbocycles. The van der Waals surface area contributed by atoms with Crippen LogP contribution in [-0.2, 0) is 11.3 Å². The summed E-state index contributed by atoms with van der Waals surface area (Å²) in [5.41, 5.74) is 0.715. The molecule has 0 spiro atoms. The zero-order chi connectivity index (χ0) is 15.2. The standard InChI is InChI=1S/C14H17N3O4/c1-20-6-5-17-9-10(8-15-17)16-14(19)12-4-3-11(21-2)7-13(12)18/h3-4,7-9,18H,5-6H2,1-2H3,(H,16,19). The van der Waals surface area contributed by atoms with Crippen molar-refractivity contribution in [2.24, 2.45) is 0 Å². The number of nitrogens with zero attached hydrogens (tertiary/aromatic N) is 2. The molecule has 0 aliphatic carbocycles. The largest absolute Gasteiger partial charge is 0.507 e. The molecule has 0 saturated heterocycles. The summed E-state index contributed by atoms with van der Waals surface area (Å²) in [5, 5.41) is 16.6. The molecule has 2 N–H and O–H groups in total. The van der Waals surface area contributed by atoms with Gasteiger partial charge in [0.2, 0.25) is 0 Å². The molecular formula is C14H17N3O4. The van der Waals surface area contributed by atoms with E-state index in [1.165, 1.54) is 25.4 Å². The van der Waals surface area contributed by atoms with Crippen LogP contribution in [0.1, 0.15) is 10.4 Å². The van der Waals surface area contributed by atoms with Gasteiger partial charge in [0.15, 0.2) is 0 Å². The van der Waals surface area contributed by atoms with Gasteiger partial charge in [-0.1, -0.05) is 0 Å². The predicted octanol–water partition coefficient (Wildman–Crippen LogP) is 1.50. The number of anilines is 1. The van der Waals surface area contributed by atoms with Gasteiger partial charge in [-0.25, -0.2) is 0 Å². The molecule has 2 rings (SSSR count). The van der Waals surface area contributed by atoms with E-state index in [0.717, 1.165) is 0 Å². The van der Waals surface area contributed by atoms with Crippen molar-refractivity contribution in [1.82, 2.24) is 9.78 Å². The third kappa shape index (κ3) is 3.73. The molecule has 0 aliphatic rings. The highest BCUT2D eigenvalue weighted by atomic mass is 16.5. The Morgan fingerprint density at radius 2 is 2.24 bits per heavy atom. The minimum atomic E-state index is -0.415. The van der Waals surface area contributed by atoms with Crippen LogP contribution in [0, 0.1) is 0 Å². The van der Waals surface area contributed by atoms with Crippen LogP contribution in [0.15, 0.2) is 30.6 Å². The summed E-state index contributed by atoms with van der Waals surface area (Å²) in [6, 6.07) is 4.49. The number of hydrogen-bond donors (Lipinski definition) is 2. The van der Waals surface area contributed by atoms with Crippen molar-refractivity contribution in [3.8, 4) is 11.5 Å². The number of amides is 1. The van der Waals surface area contributed by atoms with Gasteiger partial charge in [0, 0.05) is 19.4 Å². The first-order valence-electron chi connectivity index (χ1n) is 6.34. The quantitative estimate of drug-likeness (QED) is 0.842. The van der Waals surface area contributed by atoms with Gasteiger partial charge in [0.25, 0.3) is 5.91 Å². The lowest BCUT2D eigenvalue weighted by molar-refractivity contribution is 0.102. The lowest BCUT2D eigenvalue weighted by Gasteiger charge is -2.06. The number of methoxy groups -OCH3 is 2. The van der Waals surface area contributed by atoms with Gasteiger partial charge in [-0.15, -0.1) is 0 Å². The van der Waals surface area contributed by atoms with E-state index in [1.54, 1.807) is 24.1 Å². The predicted molar refractivity (Wildman–Crippen MR) is 76.7 cm³/mol. The van der Waals surface area contributed by atoms with Crippen LogP contribution < -0.4 is 10.1 Å². The van der Waals surface area contributed by atoms with Gasteiger partial charge < -0.3 is 19.9 Å². The second-order valence-corrected chi connectivity index (χ2v) is 4.32. The van der Waals surface area contributed by atoms with Crippen LogP contribution in [0.2, 0.25) is 0 Å². The molecule has 1 amide bonds. The number of phenols is 1. The van der Waals surface area contributed by atoms with Crippen LogP contribution in [0.4, 0.5) is 5.69 Å². The van der Waals surface area contributed by atoms with Crippen molar-refractivity contribution in [3.05, 3.63) is 36.2 Å². The van der Waals surface area contributed by atoms with Crippen molar-refractivity contribution in [2.45, 2.75) is 6.54 Å². The first-order chi connectivity index (χ1) is 10.1. The molecule has 0 radical (unpaired) electrons. The summed E-state index contributed by atoms with van der Waals surface area (Å²) in [4.78, 5) is 12.1. The Morgan fingerprint density at radius 1 is 1.43 bits per heavy atom. The van der Waals surface area contributed by atoms with Gasteiger partial charge in [-0.3, -0.25) is 9.48 Å². The van der Waals surface area contributed by atoms with Crippen molar-refractivity contribution < 1.29 is 19.4 Å². The minimum Gasteiger partial charge on any atom is -0.507 e. The molecule has 0 unspecified atom stereocenters. The molecule has 1 aromatic carbocycles. The van der Waals surface area contributed by atoms with Crippen LogP contribution in [0.25, 0.3) is 0 Å². The third-order valence-corrected chi connectivity index (χ3v) is 2.87. The summed E-state index contributed by atoms with van der Waals surface area (Å²) >= 11 is 0. The molecule has 7 nitrogen and oxygen atoms in total. The Labute approximate surface area is 122 Å². The van der Waals surface area contributed by atoms with Crippen LogP contribution >= 0.6 is 0 Å². The van der Waals surface area contributed by atoms with E-state index in [4.69, 9.17) is 9.47 Å². The van der Waals surface area contributed by atoms with E-state index in [2.05, 4.69) is 10.4 Å². The highest BCUT2D eigenvalue weighted by molar-refractivity contribution is 6.06. The minimum absolute atomic E-state index is 0.140. The number of aromatic nitrogens is 2. The number of hydrogen-bond acceptors (Lipinski definition) is 5. The Hall–Kier alpha value is -2.54. The molecule has 0 aliphatic heterocycles. The van der Waals surface area contributed by atoms with Gasteiger partial charge in [-0.05, 0) is 12.1 Å². The van der Waals surface area contributed by atoms with Gasteiger partial charge in [0.1, 0.15) is 11.5 Å². The number of nitrogens with one attached hydrogen (secondary N) is 1. The Balaban J connectivity index is 2.05. The molecule has 0 bridgehead atoms.